The van der Waals surface area contributed by atoms with E-state index in [2.05, 4.69) is 5.32 Å². The standard InChI is InChI=1S/C12H27NO2Si/c1-14-12(15-2)16-10-6-9-13-11-7-4-3-5-8-11/h11-13H,3-10,16H2,1-2H3. The van der Waals surface area contributed by atoms with Crippen molar-refractivity contribution >= 4 is 9.52 Å². The van der Waals surface area contributed by atoms with Gasteiger partial charge in [0.15, 0.2) is 0 Å². The zero-order chi connectivity index (χ0) is 11.6. The first-order valence-corrected chi connectivity index (χ1v) is 8.47. The van der Waals surface area contributed by atoms with Crippen LogP contribution >= 0.6 is 0 Å². The number of hydrogen-bond acceptors (Lipinski definition) is 3. The minimum Gasteiger partial charge on any atom is -0.360 e. The fourth-order valence-corrected chi connectivity index (χ4v) is 3.72. The Kier molecular flexibility index (Phi) is 8.11. The summed E-state index contributed by atoms with van der Waals surface area (Å²) in [6.45, 7) is 1.18. The van der Waals surface area contributed by atoms with Gasteiger partial charge in [0.25, 0.3) is 0 Å². The van der Waals surface area contributed by atoms with E-state index in [4.69, 9.17) is 9.47 Å². The molecule has 0 amide bonds. The van der Waals surface area contributed by atoms with Crippen molar-refractivity contribution in [3.05, 3.63) is 0 Å². The van der Waals surface area contributed by atoms with Gasteiger partial charge >= 0.3 is 0 Å². The number of ether oxygens (including phenoxy) is 2. The summed E-state index contributed by atoms with van der Waals surface area (Å²) in [5.74, 6) is 0.120. The largest absolute Gasteiger partial charge is 0.360 e. The van der Waals surface area contributed by atoms with Gasteiger partial charge in [-0.25, -0.2) is 0 Å². The Labute approximate surface area is 102 Å². The Hall–Kier alpha value is 0.0969. The maximum Gasteiger partial charge on any atom is 0.134 e. The lowest BCUT2D eigenvalue weighted by Gasteiger charge is -2.22. The van der Waals surface area contributed by atoms with Crippen LogP contribution in [0.15, 0.2) is 0 Å². The molecular weight excluding hydrogens is 218 g/mol. The SMILES string of the molecule is COC(OC)[SiH2]CCCNC1CCCCC1. The van der Waals surface area contributed by atoms with Gasteiger partial charge in [-0.3, -0.25) is 0 Å². The van der Waals surface area contributed by atoms with Gasteiger partial charge < -0.3 is 14.8 Å². The molecule has 1 N–H and O–H groups in total. The average molecular weight is 245 g/mol. The van der Waals surface area contributed by atoms with Crippen molar-refractivity contribution in [2.75, 3.05) is 20.8 Å². The Morgan fingerprint density at radius 2 is 1.88 bits per heavy atom. The molecular formula is C12H27NO2Si. The highest BCUT2D eigenvalue weighted by atomic mass is 28.2. The van der Waals surface area contributed by atoms with Gasteiger partial charge in [-0.2, -0.15) is 0 Å². The van der Waals surface area contributed by atoms with E-state index in [1.807, 2.05) is 0 Å². The van der Waals surface area contributed by atoms with Gasteiger partial charge in [-0.05, 0) is 25.8 Å². The van der Waals surface area contributed by atoms with Gasteiger partial charge in [0.05, 0.1) is 9.52 Å². The van der Waals surface area contributed by atoms with Crippen LogP contribution in [0.4, 0.5) is 0 Å². The molecule has 0 unspecified atom stereocenters. The maximum atomic E-state index is 5.22. The van der Waals surface area contributed by atoms with Crippen molar-refractivity contribution < 1.29 is 9.47 Å². The molecule has 0 spiro atoms. The Balaban J connectivity index is 1.90. The highest BCUT2D eigenvalue weighted by Gasteiger charge is 2.12. The van der Waals surface area contributed by atoms with Crippen molar-refractivity contribution in [3.63, 3.8) is 0 Å². The zero-order valence-corrected chi connectivity index (χ0v) is 12.2. The van der Waals surface area contributed by atoms with E-state index in [-0.39, 0.29) is 15.4 Å². The van der Waals surface area contributed by atoms with Crippen molar-refractivity contribution in [1.82, 2.24) is 5.32 Å². The average Bonchev–Trinajstić information content (AvgIpc) is 2.35. The molecule has 1 fully saturated rings. The van der Waals surface area contributed by atoms with Crippen LogP contribution in [-0.2, 0) is 9.47 Å². The molecule has 1 saturated carbocycles. The van der Waals surface area contributed by atoms with Gasteiger partial charge in [0.1, 0.15) is 5.91 Å². The summed E-state index contributed by atoms with van der Waals surface area (Å²) in [4.78, 5) is 0. The zero-order valence-electron chi connectivity index (χ0n) is 10.8. The second-order valence-corrected chi connectivity index (χ2v) is 6.64. The molecule has 0 aromatic carbocycles. The summed E-state index contributed by atoms with van der Waals surface area (Å²) >= 11 is 0. The molecule has 0 aliphatic heterocycles. The third-order valence-corrected chi connectivity index (χ3v) is 5.48. The molecule has 3 nitrogen and oxygen atoms in total. The monoisotopic (exact) mass is 245 g/mol. The van der Waals surface area contributed by atoms with Gasteiger partial charge in [0.2, 0.25) is 0 Å². The number of nitrogens with one attached hydrogen (secondary N) is 1. The van der Waals surface area contributed by atoms with Crippen LogP contribution in [0.5, 0.6) is 0 Å². The molecule has 0 aromatic heterocycles. The van der Waals surface area contributed by atoms with Gasteiger partial charge in [-0.15, -0.1) is 0 Å². The van der Waals surface area contributed by atoms with E-state index >= 15 is 0 Å². The number of rotatable bonds is 8. The molecule has 1 rings (SSSR count). The smallest absolute Gasteiger partial charge is 0.134 e. The molecule has 0 heterocycles. The number of methoxy groups -OCH3 is 2. The summed E-state index contributed by atoms with van der Waals surface area (Å²) in [5.41, 5.74) is 0. The third kappa shape index (κ3) is 5.99. The van der Waals surface area contributed by atoms with E-state index < -0.39 is 0 Å². The van der Waals surface area contributed by atoms with Gasteiger partial charge in [0, 0.05) is 20.3 Å². The summed E-state index contributed by atoms with van der Waals surface area (Å²) in [6.07, 6.45) is 8.33. The normalized spacial score (nSPS) is 18.9. The van der Waals surface area contributed by atoms with Crippen molar-refractivity contribution in [2.45, 2.75) is 56.5 Å². The summed E-state index contributed by atoms with van der Waals surface area (Å²) < 4.78 is 10.4. The molecule has 0 atom stereocenters. The Bertz CT molecular complexity index is 159. The van der Waals surface area contributed by atoms with E-state index in [1.54, 1.807) is 14.2 Å². The van der Waals surface area contributed by atoms with Crippen LogP contribution in [-0.4, -0.2) is 42.2 Å². The molecule has 0 bridgehead atoms. The highest BCUT2D eigenvalue weighted by Crippen LogP contribution is 2.17. The molecule has 16 heavy (non-hydrogen) atoms. The fourth-order valence-electron chi connectivity index (χ4n) is 2.38. The Morgan fingerprint density at radius 1 is 1.19 bits per heavy atom. The van der Waals surface area contributed by atoms with Crippen LogP contribution in [0.1, 0.15) is 38.5 Å². The molecule has 1 aliphatic rings. The topological polar surface area (TPSA) is 30.5 Å². The molecule has 0 saturated heterocycles. The second-order valence-electron chi connectivity index (χ2n) is 4.69. The van der Waals surface area contributed by atoms with E-state index in [0.29, 0.717) is 0 Å². The van der Waals surface area contributed by atoms with E-state index in [1.165, 1.54) is 51.1 Å². The van der Waals surface area contributed by atoms with Crippen molar-refractivity contribution in [1.29, 1.82) is 0 Å². The van der Waals surface area contributed by atoms with Crippen LogP contribution in [0.3, 0.4) is 0 Å². The third-order valence-electron chi connectivity index (χ3n) is 3.43. The minimum absolute atomic E-state index is 0.120. The maximum absolute atomic E-state index is 5.22. The van der Waals surface area contributed by atoms with Crippen molar-refractivity contribution in [2.24, 2.45) is 0 Å². The van der Waals surface area contributed by atoms with Gasteiger partial charge in [-0.1, -0.05) is 25.3 Å². The summed E-state index contributed by atoms with van der Waals surface area (Å²) in [6, 6.07) is 2.11. The van der Waals surface area contributed by atoms with Crippen molar-refractivity contribution in [3.8, 4) is 0 Å². The lowest BCUT2D eigenvalue weighted by atomic mass is 9.95. The fraction of sp³-hybridized carbons (Fsp3) is 1.00. The van der Waals surface area contributed by atoms with E-state index in [0.717, 1.165) is 6.04 Å². The van der Waals surface area contributed by atoms with Crippen LogP contribution in [0.25, 0.3) is 0 Å². The molecule has 0 radical (unpaired) electrons. The van der Waals surface area contributed by atoms with Crippen LogP contribution < -0.4 is 5.32 Å². The highest BCUT2D eigenvalue weighted by molar-refractivity contribution is 6.36. The molecule has 4 heteroatoms. The predicted octanol–water partition coefficient (Wildman–Crippen LogP) is 1.46. The molecule has 1 aliphatic carbocycles. The lowest BCUT2D eigenvalue weighted by molar-refractivity contribution is -0.0441. The first-order valence-electron chi connectivity index (χ1n) is 6.65. The van der Waals surface area contributed by atoms with Crippen LogP contribution in [0, 0.1) is 0 Å². The summed E-state index contributed by atoms with van der Waals surface area (Å²) in [7, 11) is 3.27. The minimum atomic E-state index is -0.208. The summed E-state index contributed by atoms with van der Waals surface area (Å²) in [5, 5.41) is 3.67. The van der Waals surface area contributed by atoms with E-state index in [9.17, 15) is 0 Å². The number of hydrogen-bond donors (Lipinski definition) is 1. The first kappa shape index (κ1) is 14.2. The second kappa shape index (κ2) is 9.16. The molecule has 0 aromatic rings. The molecule has 96 valence electrons. The lowest BCUT2D eigenvalue weighted by Crippen LogP contribution is -2.32. The quantitative estimate of drug-likeness (QED) is 0.399. The van der Waals surface area contributed by atoms with Crippen LogP contribution in [0.2, 0.25) is 6.04 Å². The Morgan fingerprint density at radius 3 is 2.50 bits per heavy atom. The first-order chi connectivity index (χ1) is 7.86. The predicted molar refractivity (Wildman–Crippen MR) is 70.6 cm³/mol.